The van der Waals surface area contributed by atoms with Crippen molar-refractivity contribution in [3.05, 3.63) is 63.1 Å². The predicted molar refractivity (Wildman–Crippen MR) is 84.7 cm³/mol. The van der Waals surface area contributed by atoms with Gasteiger partial charge in [0.25, 0.3) is 0 Å². The molecule has 1 heterocycles. The molecule has 0 N–H and O–H groups in total. The average molecular weight is 321 g/mol. The van der Waals surface area contributed by atoms with Crippen molar-refractivity contribution in [1.82, 2.24) is 0 Å². The second-order valence-electron chi connectivity index (χ2n) is 5.81. The zero-order valence-electron chi connectivity index (χ0n) is 11.7. The zero-order chi connectivity index (χ0) is 15.2. The average Bonchev–Trinajstić information content (AvgIpc) is 2.73. The molecule has 21 heavy (non-hydrogen) atoms. The van der Waals surface area contributed by atoms with Gasteiger partial charge < -0.3 is 4.74 Å². The second kappa shape index (κ2) is 5.04. The van der Waals surface area contributed by atoms with E-state index in [1.807, 2.05) is 26.0 Å². The molecule has 108 valence electrons. The summed E-state index contributed by atoms with van der Waals surface area (Å²) in [7, 11) is 0. The van der Waals surface area contributed by atoms with Crippen LogP contribution < -0.4 is 4.74 Å². The van der Waals surface area contributed by atoms with Gasteiger partial charge in [0, 0.05) is 22.6 Å². The minimum Gasteiger partial charge on any atom is -0.487 e. The van der Waals surface area contributed by atoms with E-state index in [1.54, 1.807) is 24.3 Å². The highest BCUT2D eigenvalue weighted by Crippen LogP contribution is 2.36. The molecule has 0 spiro atoms. The van der Waals surface area contributed by atoms with Crippen molar-refractivity contribution in [2.24, 2.45) is 0 Å². The molecule has 0 unspecified atom stereocenters. The van der Waals surface area contributed by atoms with Gasteiger partial charge in [0.1, 0.15) is 11.4 Å². The Labute approximate surface area is 133 Å². The van der Waals surface area contributed by atoms with Gasteiger partial charge in [-0.25, -0.2) is 0 Å². The minimum absolute atomic E-state index is 0.130. The fourth-order valence-electron chi connectivity index (χ4n) is 2.58. The number of ketones is 1. The van der Waals surface area contributed by atoms with Crippen LogP contribution >= 0.6 is 23.2 Å². The van der Waals surface area contributed by atoms with E-state index in [1.165, 1.54) is 0 Å². The van der Waals surface area contributed by atoms with Crippen LogP contribution in [-0.2, 0) is 6.42 Å². The quantitative estimate of drug-likeness (QED) is 0.733. The lowest BCUT2D eigenvalue weighted by Gasteiger charge is -2.16. The third-order valence-electron chi connectivity index (χ3n) is 3.50. The molecule has 0 amide bonds. The number of rotatable bonds is 2. The van der Waals surface area contributed by atoms with Crippen molar-refractivity contribution in [3.8, 4) is 5.75 Å². The van der Waals surface area contributed by atoms with Gasteiger partial charge in [0.15, 0.2) is 5.78 Å². The van der Waals surface area contributed by atoms with Gasteiger partial charge in [-0.1, -0.05) is 23.2 Å². The Kier molecular flexibility index (Phi) is 3.46. The summed E-state index contributed by atoms with van der Waals surface area (Å²) in [5, 5.41) is 0.898. The molecule has 1 aliphatic heterocycles. The van der Waals surface area contributed by atoms with E-state index in [9.17, 15) is 4.79 Å². The highest BCUT2D eigenvalue weighted by atomic mass is 35.5. The lowest BCUT2D eigenvalue weighted by Crippen LogP contribution is -2.24. The summed E-state index contributed by atoms with van der Waals surface area (Å²) in [6.45, 7) is 4.06. The molecule has 4 heteroatoms. The second-order valence-corrected chi connectivity index (χ2v) is 6.66. The van der Waals surface area contributed by atoms with E-state index in [-0.39, 0.29) is 11.4 Å². The third kappa shape index (κ3) is 2.78. The van der Waals surface area contributed by atoms with Crippen LogP contribution in [0.25, 0.3) is 0 Å². The van der Waals surface area contributed by atoms with Gasteiger partial charge in [0.2, 0.25) is 0 Å². The Bertz CT molecular complexity index is 736. The van der Waals surface area contributed by atoms with Crippen molar-refractivity contribution >= 4 is 29.0 Å². The number of hydrogen-bond acceptors (Lipinski definition) is 2. The zero-order valence-corrected chi connectivity index (χ0v) is 13.3. The summed E-state index contributed by atoms with van der Waals surface area (Å²) >= 11 is 12.0. The van der Waals surface area contributed by atoms with Crippen molar-refractivity contribution in [2.45, 2.75) is 25.9 Å². The summed E-state index contributed by atoms with van der Waals surface area (Å²) in [4.78, 5) is 12.6. The van der Waals surface area contributed by atoms with E-state index >= 15 is 0 Å². The molecule has 0 bridgehead atoms. The van der Waals surface area contributed by atoms with Crippen LogP contribution in [0.2, 0.25) is 10.0 Å². The molecule has 3 rings (SSSR count). The van der Waals surface area contributed by atoms with Crippen molar-refractivity contribution in [3.63, 3.8) is 0 Å². The van der Waals surface area contributed by atoms with Crippen molar-refractivity contribution < 1.29 is 9.53 Å². The Balaban J connectivity index is 1.99. The molecular weight excluding hydrogens is 307 g/mol. The fourth-order valence-corrected chi connectivity index (χ4v) is 2.95. The number of halogens is 2. The molecule has 0 aromatic heterocycles. The molecular formula is C17H14Cl2O2. The van der Waals surface area contributed by atoms with E-state index in [0.29, 0.717) is 21.2 Å². The summed E-state index contributed by atoms with van der Waals surface area (Å²) < 4.78 is 5.82. The van der Waals surface area contributed by atoms with Gasteiger partial charge >= 0.3 is 0 Å². The van der Waals surface area contributed by atoms with Gasteiger partial charge in [0.05, 0.1) is 5.02 Å². The number of benzene rings is 2. The highest BCUT2D eigenvalue weighted by Gasteiger charge is 2.30. The van der Waals surface area contributed by atoms with Crippen LogP contribution in [0, 0.1) is 0 Å². The molecule has 0 aliphatic carbocycles. The molecule has 0 atom stereocenters. The Morgan fingerprint density at radius 1 is 1.14 bits per heavy atom. The highest BCUT2D eigenvalue weighted by molar-refractivity contribution is 6.36. The summed E-state index contributed by atoms with van der Waals surface area (Å²) in [5.74, 6) is 0.712. The lowest BCUT2D eigenvalue weighted by molar-refractivity contribution is 0.103. The number of carbonyl (C=O) groups excluding carboxylic acids is 1. The Morgan fingerprint density at radius 3 is 2.67 bits per heavy atom. The summed E-state index contributed by atoms with van der Waals surface area (Å²) in [5.41, 5.74) is 1.84. The van der Waals surface area contributed by atoms with Crippen molar-refractivity contribution in [2.75, 3.05) is 0 Å². The molecule has 0 saturated carbocycles. The van der Waals surface area contributed by atoms with Crippen LogP contribution in [0.3, 0.4) is 0 Å². The Morgan fingerprint density at radius 2 is 1.90 bits per heavy atom. The van der Waals surface area contributed by atoms with Crippen LogP contribution in [0.4, 0.5) is 0 Å². The van der Waals surface area contributed by atoms with E-state index in [2.05, 4.69) is 0 Å². The van der Waals surface area contributed by atoms with Crippen molar-refractivity contribution in [1.29, 1.82) is 0 Å². The third-order valence-corrected chi connectivity index (χ3v) is 4.06. The SMILES string of the molecule is CC1(C)Cc2cc(C(=O)c3cc(Cl)ccc3Cl)ccc2O1. The number of fused-ring (bicyclic) bond motifs is 1. The first-order valence-corrected chi connectivity index (χ1v) is 7.43. The van der Waals surface area contributed by atoms with E-state index in [4.69, 9.17) is 27.9 Å². The molecule has 0 radical (unpaired) electrons. The largest absolute Gasteiger partial charge is 0.487 e. The maximum Gasteiger partial charge on any atom is 0.194 e. The normalized spacial score (nSPS) is 15.4. The van der Waals surface area contributed by atoms with Gasteiger partial charge in [-0.2, -0.15) is 0 Å². The standard InChI is InChI=1S/C17H14Cl2O2/c1-17(2)9-11-7-10(3-6-15(11)21-17)16(20)13-8-12(18)4-5-14(13)19/h3-8H,9H2,1-2H3. The Hall–Kier alpha value is -1.51. The van der Waals surface area contributed by atoms with E-state index in [0.717, 1.165) is 17.7 Å². The van der Waals surface area contributed by atoms with Crippen LogP contribution in [-0.4, -0.2) is 11.4 Å². The topological polar surface area (TPSA) is 26.3 Å². The molecule has 1 aliphatic rings. The van der Waals surface area contributed by atoms with E-state index < -0.39 is 0 Å². The number of ether oxygens (including phenoxy) is 1. The smallest absolute Gasteiger partial charge is 0.194 e. The summed E-state index contributed by atoms with van der Waals surface area (Å²) in [6, 6.07) is 10.4. The first-order chi connectivity index (χ1) is 9.85. The fraction of sp³-hybridized carbons (Fsp3) is 0.235. The van der Waals surface area contributed by atoms with Crippen LogP contribution in [0.1, 0.15) is 35.3 Å². The maximum atomic E-state index is 12.6. The monoisotopic (exact) mass is 320 g/mol. The molecule has 0 fully saturated rings. The minimum atomic E-state index is -0.224. The van der Waals surface area contributed by atoms with Gasteiger partial charge in [-0.15, -0.1) is 0 Å². The number of carbonyl (C=O) groups is 1. The predicted octanol–water partition coefficient (Wildman–Crippen LogP) is 4.94. The summed E-state index contributed by atoms with van der Waals surface area (Å²) in [6.07, 6.45) is 0.784. The van der Waals surface area contributed by atoms with Crippen LogP contribution in [0.5, 0.6) is 5.75 Å². The molecule has 2 aromatic rings. The maximum absolute atomic E-state index is 12.6. The number of hydrogen-bond donors (Lipinski definition) is 0. The first-order valence-electron chi connectivity index (χ1n) is 6.67. The van der Waals surface area contributed by atoms with Gasteiger partial charge in [-0.05, 0) is 55.8 Å². The van der Waals surface area contributed by atoms with Gasteiger partial charge in [-0.3, -0.25) is 4.79 Å². The molecule has 2 nitrogen and oxygen atoms in total. The first kappa shape index (κ1) is 14.4. The molecule has 2 aromatic carbocycles. The van der Waals surface area contributed by atoms with Crippen LogP contribution in [0.15, 0.2) is 36.4 Å². The lowest BCUT2D eigenvalue weighted by atomic mass is 9.97. The molecule has 0 saturated heterocycles.